The molecule has 0 aliphatic carbocycles. The standard InChI is InChI=1S/C22H30N4/c1-7-14(4)18-12-26(6)22-17(18)10-15(5)21(25-22)16-8-9-19(13(2)3)24-20(16)11-23/h8-10,12-14H,7,11,23H2,1-6H3. The topological polar surface area (TPSA) is 56.7 Å². The second-order valence-corrected chi connectivity index (χ2v) is 7.62. The Morgan fingerprint density at radius 2 is 1.88 bits per heavy atom. The van der Waals surface area contributed by atoms with Crippen LogP contribution in [-0.2, 0) is 13.6 Å². The molecule has 0 amide bonds. The molecule has 26 heavy (non-hydrogen) atoms. The molecule has 0 saturated heterocycles. The van der Waals surface area contributed by atoms with E-state index in [-0.39, 0.29) is 0 Å². The highest BCUT2D eigenvalue weighted by Gasteiger charge is 2.18. The number of hydrogen-bond acceptors (Lipinski definition) is 3. The van der Waals surface area contributed by atoms with Crippen molar-refractivity contribution in [1.29, 1.82) is 0 Å². The van der Waals surface area contributed by atoms with E-state index in [1.807, 2.05) is 0 Å². The molecule has 3 heterocycles. The zero-order valence-electron chi connectivity index (χ0n) is 16.8. The summed E-state index contributed by atoms with van der Waals surface area (Å²) in [6, 6.07) is 6.50. The van der Waals surface area contributed by atoms with Crippen molar-refractivity contribution in [3.8, 4) is 11.3 Å². The molecular weight excluding hydrogens is 320 g/mol. The maximum absolute atomic E-state index is 6.02. The fourth-order valence-electron chi connectivity index (χ4n) is 3.52. The van der Waals surface area contributed by atoms with E-state index in [2.05, 4.69) is 70.6 Å². The zero-order valence-corrected chi connectivity index (χ0v) is 16.8. The largest absolute Gasteiger partial charge is 0.335 e. The number of pyridine rings is 2. The van der Waals surface area contributed by atoms with Crippen molar-refractivity contribution < 1.29 is 0 Å². The molecule has 4 nitrogen and oxygen atoms in total. The minimum atomic E-state index is 0.386. The molecule has 1 atom stereocenters. The summed E-state index contributed by atoms with van der Waals surface area (Å²) in [6.45, 7) is 11.4. The molecule has 3 aromatic heterocycles. The van der Waals surface area contributed by atoms with Crippen LogP contribution in [0.15, 0.2) is 24.4 Å². The Balaban J connectivity index is 2.21. The van der Waals surface area contributed by atoms with Gasteiger partial charge in [-0.05, 0) is 54.5 Å². The molecular formula is C22H30N4. The molecule has 0 aliphatic heterocycles. The smallest absolute Gasteiger partial charge is 0.140 e. The maximum Gasteiger partial charge on any atom is 0.140 e. The van der Waals surface area contributed by atoms with Gasteiger partial charge >= 0.3 is 0 Å². The molecule has 3 aromatic rings. The van der Waals surface area contributed by atoms with Crippen LogP contribution in [0.2, 0.25) is 0 Å². The summed E-state index contributed by atoms with van der Waals surface area (Å²) in [7, 11) is 2.07. The van der Waals surface area contributed by atoms with Crippen LogP contribution in [-0.4, -0.2) is 14.5 Å². The number of rotatable bonds is 5. The molecule has 0 bridgehead atoms. The Bertz CT molecular complexity index is 937. The molecule has 0 saturated carbocycles. The van der Waals surface area contributed by atoms with Gasteiger partial charge in [0.1, 0.15) is 5.65 Å². The Kier molecular flexibility index (Phi) is 5.15. The molecule has 1 unspecified atom stereocenters. The normalized spacial score (nSPS) is 12.9. The van der Waals surface area contributed by atoms with Gasteiger partial charge in [0.05, 0.1) is 11.4 Å². The third kappa shape index (κ3) is 3.14. The first-order valence-electron chi connectivity index (χ1n) is 9.54. The third-order valence-electron chi connectivity index (χ3n) is 5.35. The van der Waals surface area contributed by atoms with Gasteiger partial charge in [-0.1, -0.05) is 27.7 Å². The van der Waals surface area contributed by atoms with Gasteiger partial charge in [-0.2, -0.15) is 0 Å². The van der Waals surface area contributed by atoms with E-state index in [1.165, 1.54) is 16.5 Å². The van der Waals surface area contributed by atoms with Crippen molar-refractivity contribution in [2.45, 2.75) is 59.4 Å². The van der Waals surface area contributed by atoms with Gasteiger partial charge in [0.25, 0.3) is 0 Å². The van der Waals surface area contributed by atoms with Crippen LogP contribution < -0.4 is 5.73 Å². The molecule has 138 valence electrons. The van der Waals surface area contributed by atoms with E-state index in [9.17, 15) is 0 Å². The Morgan fingerprint density at radius 1 is 1.15 bits per heavy atom. The molecule has 3 rings (SSSR count). The SMILES string of the molecule is CCC(C)c1cn(C)c2nc(-c3ccc(C(C)C)nc3CN)c(C)cc12. The van der Waals surface area contributed by atoms with Gasteiger partial charge in [0, 0.05) is 36.4 Å². The van der Waals surface area contributed by atoms with Crippen LogP contribution in [0.3, 0.4) is 0 Å². The van der Waals surface area contributed by atoms with Gasteiger partial charge in [-0.3, -0.25) is 4.98 Å². The number of aryl methyl sites for hydroxylation is 2. The number of hydrogen-bond donors (Lipinski definition) is 1. The van der Waals surface area contributed by atoms with E-state index in [4.69, 9.17) is 15.7 Å². The average molecular weight is 351 g/mol. The minimum Gasteiger partial charge on any atom is -0.335 e. The van der Waals surface area contributed by atoms with Crippen molar-refractivity contribution in [2.75, 3.05) is 0 Å². The second kappa shape index (κ2) is 7.20. The van der Waals surface area contributed by atoms with Crippen molar-refractivity contribution >= 4 is 11.0 Å². The Hall–Kier alpha value is -2.20. The van der Waals surface area contributed by atoms with Crippen LogP contribution in [0.25, 0.3) is 22.3 Å². The summed E-state index contributed by atoms with van der Waals surface area (Å²) in [5.41, 5.74) is 13.6. The molecule has 0 fully saturated rings. The molecule has 2 N–H and O–H groups in total. The van der Waals surface area contributed by atoms with Crippen molar-refractivity contribution in [2.24, 2.45) is 12.8 Å². The average Bonchev–Trinajstić information content (AvgIpc) is 2.95. The maximum atomic E-state index is 6.02. The predicted molar refractivity (Wildman–Crippen MR) is 109 cm³/mol. The lowest BCUT2D eigenvalue weighted by molar-refractivity contribution is 0.734. The van der Waals surface area contributed by atoms with Gasteiger partial charge in [-0.15, -0.1) is 0 Å². The fraction of sp³-hybridized carbons (Fsp3) is 0.455. The zero-order chi connectivity index (χ0) is 19.0. The molecule has 0 aromatic carbocycles. The van der Waals surface area contributed by atoms with Gasteiger partial charge in [0.15, 0.2) is 0 Å². The van der Waals surface area contributed by atoms with E-state index in [0.29, 0.717) is 18.4 Å². The van der Waals surface area contributed by atoms with Crippen LogP contribution in [0.1, 0.15) is 68.5 Å². The highest BCUT2D eigenvalue weighted by Crippen LogP contribution is 2.33. The van der Waals surface area contributed by atoms with Crippen LogP contribution in [0.4, 0.5) is 0 Å². The van der Waals surface area contributed by atoms with Crippen molar-refractivity contribution in [1.82, 2.24) is 14.5 Å². The first kappa shape index (κ1) is 18.6. The van der Waals surface area contributed by atoms with E-state index < -0.39 is 0 Å². The fourth-order valence-corrected chi connectivity index (χ4v) is 3.52. The summed E-state index contributed by atoms with van der Waals surface area (Å²) in [5.74, 6) is 0.911. The highest BCUT2D eigenvalue weighted by molar-refractivity contribution is 5.85. The lowest BCUT2D eigenvalue weighted by atomic mass is 9.96. The number of aromatic nitrogens is 3. The van der Waals surface area contributed by atoms with Gasteiger partial charge < -0.3 is 10.3 Å². The monoisotopic (exact) mass is 350 g/mol. The first-order chi connectivity index (χ1) is 12.4. The number of nitrogens with two attached hydrogens (primary N) is 1. The summed E-state index contributed by atoms with van der Waals surface area (Å²) in [5, 5.41) is 1.25. The third-order valence-corrected chi connectivity index (χ3v) is 5.35. The lowest BCUT2D eigenvalue weighted by Crippen LogP contribution is -2.07. The summed E-state index contributed by atoms with van der Waals surface area (Å²) in [6.07, 6.45) is 3.34. The summed E-state index contributed by atoms with van der Waals surface area (Å²) >= 11 is 0. The molecule has 0 aliphatic rings. The van der Waals surface area contributed by atoms with Gasteiger partial charge in [-0.25, -0.2) is 4.98 Å². The van der Waals surface area contributed by atoms with E-state index in [1.54, 1.807) is 0 Å². The first-order valence-corrected chi connectivity index (χ1v) is 9.54. The second-order valence-electron chi connectivity index (χ2n) is 7.62. The Morgan fingerprint density at radius 3 is 2.50 bits per heavy atom. The van der Waals surface area contributed by atoms with E-state index >= 15 is 0 Å². The van der Waals surface area contributed by atoms with E-state index in [0.717, 1.165) is 34.7 Å². The highest BCUT2D eigenvalue weighted by atomic mass is 15.0. The Labute approximate surface area is 156 Å². The molecule has 4 heteroatoms. The van der Waals surface area contributed by atoms with Crippen molar-refractivity contribution in [3.05, 3.63) is 46.9 Å². The van der Waals surface area contributed by atoms with Crippen LogP contribution >= 0.6 is 0 Å². The molecule has 0 radical (unpaired) electrons. The molecule has 0 spiro atoms. The number of fused-ring (bicyclic) bond motifs is 1. The lowest BCUT2D eigenvalue weighted by Gasteiger charge is -2.14. The summed E-state index contributed by atoms with van der Waals surface area (Å²) in [4.78, 5) is 9.82. The van der Waals surface area contributed by atoms with Gasteiger partial charge in [0.2, 0.25) is 0 Å². The predicted octanol–water partition coefficient (Wildman–Crippen LogP) is 5.04. The summed E-state index contributed by atoms with van der Waals surface area (Å²) < 4.78 is 2.14. The van der Waals surface area contributed by atoms with Crippen LogP contribution in [0, 0.1) is 6.92 Å². The van der Waals surface area contributed by atoms with Crippen LogP contribution in [0.5, 0.6) is 0 Å². The van der Waals surface area contributed by atoms with Crippen molar-refractivity contribution in [3.63, 3.8) is 0 Å². The quantitative estimate of drug-likeness (QED) is 0.701. The minimum absolute atomic E-state index is 0.386. The number of nitrogens with zero attached hydrogens (tertiary/aromatic N) is 3.